The lowest BCUT2D eigenvalue weighted by molar-refractivity contribution is -0.156. The first-order chi connectivity index (χ1) is 10.4. The van der Waals surface area contributed by atoms with Gasteiger partial charge in [-0.3, -0.25) is 10.1 Å². The molecule has 2 heterocycles. The van der Waals surface area contributed by atoms with Crippen molar-refractivity contribution < 1.29 is 33.4 Å². The smallest absolute Gasteiger partial charge is 0.339 e. The van der Waals surface area contributed by atoms with Gasteiger partial charge in [0.15, 0.2) is 5.78 Å². The number of nitrogens with one attached hydrogen (secondary N) is 1. The van der Waals surface area contributed by atoms with E-state index in [4.69, 9.17) is 4.74 Å². The number of piperidine rings is 1. The van der Waals surface area contributed by atoms with E-state index >= 15 is 0 Å². The van der Waals surface area contributed by atoms with Crippen LogP contribution in [0.15, 0.2) is 11.1 Å². The minimum absolute atomic E-state index is 0.0300. The van der Waals surface area contributed by atoms with Crippen LogP contribution in [0.25, 0.3) is 0 Å². The maximum Gasteiger partial charge on any atom is 0.339 e. The fraction of sp³-hybridized carbons (Fsp3) is 0.571. The van der Waals surface area contributed by atoms with E-state index in [1.165, 1.54) is 0 Å². The number of carbonyl (C=O) groups excluding carboxylic acids is 4. The summed E-state index contributed by atoms with van der Waals surface area (Å²) < 4.78 is 14.3. The molecule has 2 atom stereocenters. The summed E-state index contributed by atoms with van der Waals surface area (Å²) >= 11 is 0. The van der Waals surface area contributed by atoms with Crippen molar-refractivity contribution in [3.8, 4) is 0 Å². The van der Waals surface area contributed by atoms with Crippen LogP contribution in [0, 0.1) is 0 Å². The van der Waals surface area contributed by atoms with Gasteiger partial charge >= 0.3 is 17.9 Å². The Morgan fingerprint density at radius 2 is 1.86 bits per heavy atom. The molecule has 1 fully saturated rings. The quantitative estimate of drug-likeness (QED) is 0.411. The summed E-state index contributed by atoms with van der Waals surface area (Å²) in [7, 11) is 2.27. The Kier molecular flexibility index (Phi) is 4.32. The number of hydrogen-bond donors (Lipinski definition) is 1. The molecule has 2 rings (SSSR count). The number of rotatable bonds is 4. The standard InChI is InChI=1S/C14H17NO7/c1-4-22-13(19)14-8(16)6-5-7(15-14)9(11(17)20-2)10(14)12(18)21-3/h7,15H,4-6H2,1-3H3/t7-,14+/m1/s1. The molecule has 0 saturated carbocycles. The van der Waals surface area contributed by atoms with Gasteiger partial charge in [0.25, 0.3) is 0 Å². The van der Waals surface area contributed by atoms with Crippen molar-refractivity contribution in [1.29, 1.82) is 0 Å². The Hall–Kier alpha value is -2.22. The molecule has 0 aromatic carbocycles. The van der Waals surface area contributed by atoms with Crippen molar-refractivity contribution in [2.45, 2.75) is 31.3 Å². The Morgan fingerprint density at radius 3 is 2.41 bits per heavy atom. The Bertz CT molecular complexity index is 580. The minimum Gasteiger partial charge on any atom is -0.466 e. The van der Waals surface area contributed by atoms with Gasteiger partial charge in [0, 0.05) is 12.5 Å². The van der Waals surface area contributed by atoms with Gasteiger partial charge in [-0.2, -0.15) is 0 Å². The third kappa shape index (κ3) is 2.10. The zero-order valence-corrected chi connectivity index (χ0v) is 12.6. The molecule has 8 nitrogen and oxygen atoms in total. The summed E-state index contributed by atoms with van der Waals surface area (Å²) in [6.07, 6.45) is 0.322. The zero-order valence-electron chi connectivity index (χ0n) is 12.6. The average molecular weight is 311 g/mol. The van der Waals surface area contributed by atoms with Crippen LogP contribution in [-0.2, 0) is 33.4 Å². The number of Topliss-reactive ketones (excluding diaryl/α,β-unsaturated/α-hetero) is 1. The van der Waals surface area contributed by atoms with Crippen LogP contribution < -0.4 is 5.32 Å². The number of hydrogen-bond acceptors (Lipinski definition) is 8. The van der Waals surface area contributed by atoms with Crippen LogP contribution >= 0.6 is 0 Å². The van der Waals surface area contributed by atoms with Crippen LogP contribution in [0.2, 0.25) is 0 Å². The van der Waals surface area contributed by atoms with E-state index in [0.717, 1.165) is 14.2 Å². The number of methoxy groups -OCH3 is 2. The van der Waals surface area contributed by atoms with Crippen molar-refractivity contribution in [2.24, 2.45) is 0 Å². The highest BCUT2D eigenvalue weighted by Gasteiger charge is 2.63. The van der Waals surface area contributed by atoms with Gasteiger partial charge in [-0.15, -0.1) is 0 Å². The van der Waals surface area contributed by atoms with Crippen molar-refractivity contribution in [2.75, 3.05) is 20.8 Å². The third-order valence-corrected chi connectivity index (χ3v) is 3.84. The van der Waals surface area contributed by atoms with Gasteiger partial charge in [0.2, 0.25) is 5.54 Å². The molecule has 0 amide bonds. The topological polar surface area (TPSA) is 108 Å². The van der Waals surface area contributed by atoms with E-state index in [1.54, 1.807) is 6.92 Å². The number of esters is 3. The van der Waals surface area contributed by atoms with E-state index < -0.39 is 35.3 Å². The lowest BCUT2D eigenvalue weighted by Crippen LogP contribution is -2.62. The van der Waals surface area contributed by atoms with Gasteiger partial charge in [0.1, 0.15) is 0 Å². The second kappa shape index (κ2) is 5.88. The maximum absolute atomic E-state index is 12.4. The number of fused-ring (bicyclic) bond motifs is 2. The van der Waals surface area contributed by atoms with Gasteiger partial charge in [-0.05, 0) is 13.3 Å². The van der Waals surface area contributed by atoms with Gasteiger partial charge in [0.05, 0.1) is 32.0 Å². The van der Waals surface area contributed by atoms with Crippen molar-refractivity contribution >= 4 is 23.7 Å². The third-order valence-electron chi connectivity index (χ3n) is 3.84. The number of ketones is 1. The molecule has 0 aliphatic carbocycles. The van der Waals surface area contributed by atoms with Crippen molar-refractivity contribution in [1.82, 2.24) is 5.32 Å². The normalized spacial score (nSPS) is 26.7. The average Bonchev–Trinajstić information content (AvgIpc) is 2.81. The first-order valence-electron chi connectivity index (χ1n) is 6.83. The molecule has 0 radical (unpaired) electrons. The molecule has 8 heteroatoms. The van der Waals surface area contributed by atoms with Crippen LogP contribution in [0.5, 0.6) is 0 Å². The predicted molar refractivity (Wildman–Crippen MR) is 71.6 cm³/mol. The highest BCUT2D eigenvalue weighted by atomic mass is 16.5. The molecule has 0 aromatic rings. The Labute approximate surface area is 126 Å². The van der Waals surface area contributed by atoms with Crippen molar-refractivity contribution in [3.05, 3.63) is 11.1 Å². The monoisotopic (exact) mass is 311 g/mol. The van der Waals surface area contributed by atoms with Crippen LogP contribution in [0.1, 0.15) is 19.8 Å². The zero-order chi connectivity index (χ0) is 16.5. The van der Waals surface area contributed by atoms with Crippen LogP contribution in [0.4, 0.5) is 0 Å². The molecule has 0 aromatic heterocycles. The highest BCUT2D eigenvalue weighted by molar-refractivity contribution is 6.23. The Morgan fingerprint density at radius 1 is 1.23 bits per heavy atom. The first kappa shape index (κ1) is 16.2. The predicted octanol–water partition coefficient (Wildman–Crippen LogP) is -0.734. The lowest BCUT2D eigenvalue weighted by atomic mass is 9.83. The van der Waals surface area contributed by atoms with Gasteiger partial charge in [-0.1, -0.05) is 0 Å². The van der Waals surface area contributed by atoms with Crippen molar-refractivity contribution in [3.63, 3.8) is 0 Å². The van der Waals surface area contributed by atoms with Gasteiger partial charge in [-0.25, -0.2) is 14.4 Å². The second-order valence-electron chi connectivity index (χ2n) is 4.90. The molecule has 2 aliphatic rings. The second-order valence-corrected chi connectivity index (χ2v) is 4.90. The maximum atomic E-state index is 12.4. The molecule has 0 spiro atoms. The lowest BCUT2D eigenvalue weighted by Gasteiger charge is -2.32. The summed E-state index contributed by atoms with van der Waals surface area (Å²) in [5.74, 6) is -3.15. The van der Waals surface area contributed by atoms with E-state index in [-0.39, 0.29) is 30.6 Å². The van der Waals surface area contributed by atoms with Gasteiger partial charge < -0.3 is 14.2 Å². The molecule has 1 saturated heterocycles. The molecular weight excluding hydrogens is 294 g/mol. The van der Waals surface area contributed by atoms with Crippen LogP contribution in [0.3, 0.4) is 0 Å². The minimum atomic E-state index is -1.99. The Balaban J connectivity index is 2.68. The summed E-state index contributed by atoms with van der Waals surface area (Å²) in [5, 5.41) is 2.77. The van der Waals surface area contributed by atoms with E-state index in [2.05, 4.69) is 14.8 Å². The molecule has 1 N–H and O–H groups in total. The summed E-state index contributed by atoms with van der Waals surface area (Å²) in [5.41, 5.74) is -2.36. The summed E-state index contributed by atoms with van der Waals surface area (Å²) in [6, 6.07) is -0.636. The van der Waals surface area contributed by atoms with E-state index in [0.29, 0.717) is 0 Å². The molecular formula is C14H17NO7. The molecule has 22 heavy (non-hydrogen) atoms. The largest absolute Gasteiger partial charge is 0.466 e. The fourth-order valence-corrected chi connectivity index (χ4v) is 2.91. The summed E-state index contributed by atoms with van der Waals surface area (Å²) in [4.78, 5) is 49.0. The first-order valence-corrected chi connectivity index (χ1v) is 6.83. The highest BCUT2D eigenvalue weighted by Crippen LogP contribution is 2.40. The fourth-order valence-electron chi connectivity index (χ4n) is 2.91. The molecule has 120 valence electrons. The van der Waals surface area contributed by atoms with Crippen LogP contribution in [-0.4, -0.2) is 56.1 Å². The molecule has 2 aliphatic heterocycles. The molecule has 0 unspecified atom stereocenters. The molecule has 2 bridgehead atoms. The summed E-state index contributed by atoms with van der Waals surface area (Å²) in [6.45, 7) is 1.61. The number of ether oxygens (including phenoxy) is 3. The van der Waals surface area contributed by atoms with E-state index in [1.807, 2.05) is 0 Å². The SMILES string of the molecule is CCOC(=O)[C@]12N[C@H](CCC1=O)C(C(=O)OC)=C2C(=O)OC. The van der Waals surface area contributed by atoms with E-state index in [9.17, 15) is 19.2 Å². The number of carbonyl (C=O) groups is 4.